The van der Waals surface area contributed by atoms with Crippen LogP contribution < -0.4 is 5.56 Å². The van der Waals surface area contributed by atoms with Gasteiger partial charge in [-0.1, -0.05) is 29.8 Å². The number of aromatic hydroxyl groups is 1. The molecule has 1 saturated heterocycles. The smallest absolute Gasteiger partial charge is 0.409 e. The molecule has 3 aromatic rings. The number of benzene rings is 1. The maximum atomic E-state index is 13.8. The Bertz CT molecular complexity index is 1220. The van der Waals surface area contributed by atoms with Crippen molar-refractivity contribution < 1.29 is 14.6 Å². The molecule has 1 N–H and O–H groups in total. The Balaban J connectivity index is 1.74. The van der Waals surface area contributed by atoms with Crippen LogP contribution in [0.1, 0.15) is 35.5 Å². The van der Waals surface area contributed by atoms with Gasteiger partial charge in [-0.15, -0.1) is 0 Å². The minimum Gasteiger partial charge on any atom is -0.507 e. The number of piperazine rings is 1. The number of nitrogens with zero attached hydrogens (tertiary/aromatic N) is 4. The lowest BCUT2D eigenvalue weighted by atomic mass is 9.96. The fraction of sp³-hybridized carbons (Fsp3) is 0.346. The third-order valence-corrected chi connectivity index (χ3v) is 6.49. The van der Waals surface area contributed by atoms with E-state index < -0.39 is 6.04 Å². The number of ether oxygens (including phenoxy) is 1. The summed E-state index contributed by atoms with van der Waals surface area (Å²) in [6, 6.07) is 14.0. The molecule has 0 bridgehead atoms. The SMILES string of the molecule is CCOC(=O)N1CCN(C(c2ccc(Cl)cc2)c2c(O)cc(C)n(Cc3ccccn3)c2=O)CC1. The normalized spacial score (nSPS) is 15.1. The molecule has 1 aliphatic rings. The van der Waals surface area contributed by atoms with Crippen molar-refractivity contribution in [3.05, 3.63) is 92.6 Å². The lowest BCUT2D eigenvalue weighted by molar-refractivity contribution is 0.0709. The largest absolute Gasteiger partial charge is 0.507 e. The lowest BCUT2D eigenvalue weighted by Gasteiger charge is -2.39. The van der Waals surface area contributed by atoms with E-state index >= 15 is 0 Å². The molecule has 0 spiro atoms. The standard InChI is InChI=1S/C26H29ClN4O4/c1-3-35-26(34)30-14-12-29(13-15-30)24(19-7-9-20(27)10-8-19)23-22(32)16-18(2)31(25(23)33)17-21-6-4-5-11-28-21/h4-11,16,24,32H,3,12-15,17H2,1-2H3. The highest BCUT2D eigenvalue weighted by Gasteiger charge is 2.32. The van der Waals surface area contributed by atoms with E-state index in [9.17, 15) is 14.7 Å². The van der Waals surface area contributed by atoms with Crippen LogP contribution in [-0.4, -0.2) is 63.3 Å². The summed E-state index contributed by atoms with van der Waals surface area (Å²) in [6.45, 7) is 6.12. The van der Waals surface area contributed by atoms with Crippen molar-refractivity contribution in [1.29, 1.82) is 0 Å². The average molecular weight is 497 g/mol. The number of halogens is 1. The zero-order chi connectivity index (χ0) is 24.9. The first kappa shape index (κ1) is 24.8. The van der Waals surface area contributed by atoms with Gasteiger partial charge < -0.3 is 19.3 Å². The first-order valence-corrected chi connectivity index (χ1v) is 12.0. The molecule has 1 fully saturated rings. The highest BCUT2D eigenvalue weighted by atomic mass is 35.5. The maximum absolute atomic E-state index is 13.8. The number of carbonyl (C=O) groups excluding carboxylic acids is 1. The van der Waals surface area contributed by atoms with Gasteiger partial charge in [-0.2, -0.15) is 0 Å². The van der Waals surface area contributed by atoms with Crippen molar-refractivity contribution >= 4 is 17.7 Å². The van der Waals surface area contributed by atoms with Crippen LogP contribution in [0.15, 0.2) is 59.5 Å². The third-order valence-electron chi connectivity index (χ3n) is 6.23. The maximum Gasteiger partial charge on any atom is 0.409 e. The van der Waals surface area contributed by atoms with E-state index in [0.29, 0.717) is 55.6 Å². The minimum absolute atomic E-state index is 0.0578. The Hall–Kier alpha value is -3.36. The van der Waals surface area contributed by atoms with Gasteiger partial charge in [0.15, 0.2) is 0 Å². The molecule has 1 aliphatic heterocycles. The lowest BCUT2D eigenvalue weighted by Crippen LogP contribution is -2.50. The Labute approximate surface area is 209 Å². The van der Waals surface area contributed by atoms with Crippen LogP contribution in [-0.2, 0) is 11.3 Å². The molecular weight excluding hydrogens is 468 g/mol. The summed E-state index contributed by atoms with van der Waals surface area (Å²) in [5.74, 6) is -0.0578. The number of aromatic nitrogens is 2. The monoisotopic (exact) mass is 496 g/mol. The van der Waals surface area contributed by atoms with Crippen molar-refractivity contribution in [3.8, 4) is 5.75 Å². The highest BCUT2D eigenvalue weighted by Crippen LogP contribution is 2.34. The second-order valence-corrected chi connectivity index (χ2v) is 8.91. The quantitative estimate of drug-likeness (QED) is 0.558. The molecule has 3 heterocycles. The molecule has 184 valence electrons. The van der Waals surface area contributed by atoms with Crippen LogP contribution in [0.5, 0.6) is 5.75 Å². The predicted molar refractivity (Wildman–Crippen MR) is 134 cm³/mol. The molecule has 1 unspecified atom stereocenters. The molecule has 2 aromatic heterocycles. The number of hydrogen-bond donors (Lipinski definition) is 1. The number of carbonyl (C=O) groups is 1. The molecule has 1 amide bonds. The van der Waals surface area contributed by atoms with Gasteiger partial charge in [0, 0.05) is 43.1 Å². The van der Waals surface area contributed by atoms with E-state index in [1.807, 2.05) is 30.3 Å². The summed E-state index contributed by atoms with van der Waals surface area (Å²) < 4.78 is 6.77. The first-order valence-electron chi connectivity index (χ1n) is 11.6. The second kappa shape index (κ2) is 10.9. The van der Waals surface area contributed by atoms with Crippen LogP contribution in [0.2, 0.25) is 5.02 Å². The van der Waals surface area contributed by atoms with Crippen molar-refractivity contribution in [2.75, 3.05) is 32.8 Å². The third kappa shape index (κ3) is 5.49. The van der Waals surface area contributed by atoms with Gasteiger partial charge in [-0.05, 0) is 49.7 Å². The molecule has 0 saturated carbocycles. The fourth-order valence-corrected chi connectivity index (χ4v) is 4.58. The van der Waals surface area contributed by atoms with Crippen LogP contribution in [0.3, 0.4) is 0 Å². The molecule has 4 rings (SSSR count). The number of aryl methyl sites for hydroxylation is 1. The van der Waals surface area contributed by atoms with Crippen LogP contribution in [0.4, 0.5) is 4.79 Å². The van der Waals surface area contributed by atoms with Gasteiger partial charge in [0.2, 0.25) is 0 Å². The van der Waals surface area contributed by atoms with Crippen molar-refractivity contribution in [2.45, 2.75) is 26.4 Å². The minimum atomic E-state index is -0.514. The molecule has 1 atom stereocenters. The molecule has 1 aromatic carbocycles. The Morgan fingerprint density at radius 3 is 2.49 bits per heavy atom. The Morgan fingerprint density at radius 1 is 1.14 bits per heavy atom. The molecule has 9 heteroatoms. The molecular formula is C26H29ClN4O4. The predicted octanol–water partition coefficient (Wildman–Crippen LogP) is 3.82. The Morgan fingerprint density at radius 2 is 1.86 bits per heavy atom. The van der Waals surface area contributed by atoms with Crippen molar-refractivity contribution in [3.63, 3.8) is 0 Å². The van der Waals surface area contributed by atoms with Gasteiger partial charge in [-0.25, -0.2) is 4.79 Å². The zero-order valence-corrected chi connectivity index (χ0v) is 20.6. The van der Waals surface area contributed by atoms with E-state index in [4.69, 9.17) is 16.3 Å². The van der Waals surface area contributed by atoms with Gasteiger partial charge in [0.1, 0.15) is 5.75 Å². The van der Waals surface area contributed by atoms with Gasteiger partial charge in [0.05, 0.1) is 30.5 Å². The first-order chi connectivity index (χ1) is 16.9. The van der Waals surface area contributed by atoms with E-state index in [2.05, 4.69) is 9.88 Å². The molecule has 0 aliphatic carbocycles. The van der Waals surface area contributed by atoms with E-state index in [1.54, 1.807) is 47.7 Å². The number of amides is 1. The molecule has 0 radical (unpaired) electrons. The van der Waals surface area contributed by atoms with E-state index in [-0.39, 0.29) is 17.4 Å². The molecule has 35 heavy (non-hydrogen) atoms. The average Bonchev–Trinajstić information content (AvgIpc) is 2.86. The summed E-state index contributed by atoms with van der Waals surface area (Å²) in [4.78, 5) is 34.1. The summed E-state index contributed by atoms with van der Waals surface area (Å²) in [5.41, 5.74) is 2.24. The number of rotatable bonds is 6. The second-order valence-electron chi connectivity index (χ2n) is 8.47. The zero-order valence-electron chi connectivity index (χ0n) is 19.9. The number of pyridine rings is 2. The van der Waals surface area contributed by atoms with E-state index in [0.717, 1.165) is 11.3 Å². The van der Waals surface area contributed by atoms with Crippen LogP contribution in [0.25, 0.3) is 0 Å². The summed E-state index contributed by atoms with van der Waals surface area (Å²) in [7, 11) is 0. The number of hydrogen-bond acceptors (Lipinski definition) is 6. The summed E-state index contributed by atoms with van der Waals surface area (Å²) >= 11 is 6.14. The van der Waals surface area contributed by atoms with Crippen molar-refractivity contribution in [2.24, 2.45) is 0 Å². The summed E-state index contributed by atoms with van der Waals surface area (Å²) in [5, 5.41) is 11.6. The van der Waals surface area contributed by atoms with Crippen LogP contribution in [0, 0.1) is 6.92 Å². The van der Waals surface area contributed by atoms with Gasteiger partial charge in [0.25, 0.3) is 5.56 Å². The van der Waals surface area contributed by atoms with Crippen LogP contribution >= 0.6 is 11.6 Å². The fourth-order valence-electron chi connectivity index (χ4n) is 4.46. The van der Waals surface area contributed by atoms with E-state index in [1.165, 1.54) is 0 Å². The molecule has 8 nitrogen and oxygen atoms in total. The Kier molecular flexibility index (Phi) is 7.73. The topological polar surface area (TPSA) is 87.9 Å². The highest BCUT2D eigenvalue weighted by molar-refractivity contribution is 6.30. The van der Waals surface area contributed by atoms with Crippen molar-refractivity contribution in [1.82, 2.24) is 19.4 Å². The van der Waals surface area contributed by atoms with Gasteiger partial charge in [-0.3, -0.25) is 14.7 Å². The van der Waals surface area contributed by atoms with Gasteiger partial charge >= 0.3 is 6.09 Å². The summed E-state index contributed by atoms with van der Waals surface area (Å²) in [6.07, 6.45) is 1.35.